The number of esters is 1. The summed E-state index contributed by atoms with van der Waals surface area (Å²) in [6.45, 7) is 4.99. The van der Waals surface area contributed by atoms with Gasteiger partial charge in [0.2, 0.25) is 5.55 Å². The van der Waals surface area contributed by atoms with E-state index in [1.165, 1.54) is 14.0 Å². The standard InChI is InChI=1S/C28H27N3O6/c1-16-8-6-7-9-23(16)30-27(33)22-13-21-19(15-36-18(3)32)14-29-17(2)26(21)37-28(22)31-24-12-20(34-4)10-11-25(24)35-5/h6-14H,15H2,1-5H3,(H,30,33). The second-order valence-corrected chi connectivity index (χ2v) is 8.28. The summed E-state index contributed by atoms with van der Waals surface area (Å²) in [5.74, 6) is 0.181. The molecule has 0 atom stereocenters. The first kappa shape index (κ1) is 25.4. The van der Waals surface area contributed by atoms with Crippen LogP contribution in [0.4, 0.5) is 11.4 Å². The molecule has 0 saturated heterocycles. The van der Waals surface area contributed by atoms with Gasteiger partial charge in [-0.2, -0.15) is 0 Å². The highest BCUT2D eigenvalue weighted by Crippen LogP contribution is 2.31. The molecular weight excluding hydrogens is 474 g/mol. The van der Waals surface area contributed by atoms with Crippen LogP contribution in [-0.4, -0.2) is 31.1 Å². The van der Waals surface area contributed by atoms with Crippen molar-refractivity contribution >= 4 is 34.2 Å². The van der Waals surface area contributed by atoms with Gasteiger partial charge in [0.1, 0.15) is 29.4 Å². The van der Waals surface area contributed by atoms with Gasteiger partial charge < -0.3 is 23.9 Å². The van der Waals surface area contributed by atoms with Crippen molar-refractivity contribution in [1.82, 2.24) is 4.98 Å². The van der Waals surface area contributed by atoms with E-state index < -0.39 is 11.9 Å². The van der Waals surface area contributed by atoms with Crippen LogP contribution < -0.4 is 20.3 Å². The molecule has 0 saturated carbocycles. The summed E-state index contributed by atoms with van der Waals surface area (Å²) < 4.78 is 22.2. The Kier molecular flexibility index (Phi) is 7.52. The molecule has 0 bridgehead atoms. The zero-order valence-corrected chi connectivity index (χ0v) is 21.2. The van der Waals surface area contributed by atoms with Crippen molar-refractivity contribution in [1.29, 1.82) is 0 Å². The van der Waals surface area contributed by atoms with Gasteiger partial charge >= 0.3 is 5.97 Å². The Morgan fingerprint density at radius 2 is 1.84 bits per heavy atom. The lowest BCUT2D eigenvalue weighted by molar-refractivity contribution is -0.142. The molecule has 1 N–H and O–H groups in total. The first-order valence-electron chi connectivity index (χ1n) is 11.5. The fourth-order valence-electron chi connectivity index (χ4n) is 3.72. The molecule has 2 aromatic carbocycles. The number of aromatic nitrogens is 1. The summed E-state index contributed by atoms with van der Waals surface area (Å²) in [5.41, 5.74) is 3.79. The molecule has 0 aliphatic heterocycles. The van der Waals surface area contributed by atoms with Crippen LogP contribution in [0, 0.1) is 13.8 Å². The average Bonchev–Trinajstić information content (AvgIpc) is 2.89. The fraction of sp³-hybridized carbons (Fsp3) is 0.214. The zero-order valence-electron chi connectivity index (χ0n) is 21.2. The predicted octanol–water partition coefficient (Wildman–Crippen LogP) is 5.01. The molecule has 0 fully saturated rings. The number of nitrogens with one attached hydrogen (secondary N) is 1. The van der Waals surface area contributed by atoms with Crippen molar-refractivity contribution < 1.29 is 28.2 Å². The van der Waals surface area contributed by atoms with Crippen LogP contribution in [0.3, 0.4) is 0 Å². The maximum absolute atomic E-state index is 13.6. The molecule has 0 aliphatic carbocycles. The van der Waals surface area contributed by atoms with Gasteiger partial charge in [-0.25, -0.2) is 4.99 Å². The van der Waals surface area contributed by atoms with Gasteiger partial charge in [0.25, 0.3) is 5.91 Å². The number of rotatable bonds is 7. The maximum Gasteiger partial charge on any atom is 0.302 e. The van der Waals surface area contributed by atoms with Crippen LogP contribution >= 0.6 is 0 Å². The fourth-order valence-corrected chi connectivity index (χ4v) is 3.72. The van der Waals surface area contributed by atoms with Gasteiger partial charge in [0.15, 0.2) is 5.58 Å². The van der Waals surface area contributed by atoms with Crippen molar-refractivity contribution in [2.45, 2.75) is 27.4 Å². The molecule has 0 radical (unpaired) electrons. The Bertz CT molecular complexity index is 1560. The number of fused-ring (bicyclic) bond motifs is 1. The third kappa shape index (κ3) is 5.61. The molecule has 0 unspecified atom stereocenters. The lowest BCUT2D eigenvalue weighted by Gasteiger charge is -2.12. The van der Waals surface area contributed by atoms with Gasteiger partial charge in [0, 0.05) is 35.8 Å². The molecule has 4 rings (SSSR count). The Morgan fingerprint density at radius 1 is 1.05 bits per heavy atom. The van der Waals surface area contributed by atoms with E-state index in [0.29, 0.717) is 45.1 Å². The molecule has 1 amide bonds. The van der Waals surface area contributed by atoms with Gasteiger partial charge in [-0.15, -0.1) is 0 Å². The van der Waals surface area contributed by atoms with Crippen LogP contribution in [0.15, 0.2) is 64.1 Å². The summed E-state index contributed by atoms with van der Waals surface area (Å²) in [6.07, 6.45) is 1.60. The van der Waals surface area contributed by atoms with Crippen LogP contribution in [0.1, 0.15) is 34.1 Å². The number of benzene rings is 2. The number of para-hydroxylation sites is 1. The minimum atomic E-state index is -0.431. The molecule has 2 aromatic heterocycles. The van der Waals surface area contributed by atoms with Crippen molar-refractivity contribution in [2.75, 3.05) is 19.5 Å². The number of methoxy groups -OCH3 is 2. The van der Waals surface area contributed by atoms with Crippen LogP contribution in [0.2, 0.25) is 0 Å². The number of amides is 1. The van der Waals surface area contributed by atoms with E-state index in [2.05, 4.69) is 15.3 Å². The van der Waals surface area contributed by atoms with E-state index >= 15 is 0 Å². The molecule has 37 heavy (non-hydrogen) atoms. The van der Waals surface area contributed by atoms with Gasteiger partial charge in [-0.1, -0.05) is 18.2 Å². The molecule has 2 heterocycles. The Hall–Kier alpha value is -4.66. The van der Waals surface area contributed by atoms with Crippen molar-refractivity contribution in [3.05, 3.63) is 82.7 Å². The molecule has 9 nitrogen and oxygen atoms in total. The number of nitrogens with zero attached hydrogens (tertiary/aromatic N) is 2. The summed E-state index contributed by atoms with van der Waals surface area (Å²) in [7, 11) is 3.08. The van der Waals surface area contributed by atoms with Gasteiger partial charge in [0.05, 0.1) is 19.9 Å². The number of pyridine rings is 1. The third-order valence-corrected chi connectivity index (χ3v) is 5.73. The number of carbonyl (C=O) groups is 2. The summed E-state index contributed by atoms with van der Waals surface area (Å²) in [4.78, 5) is 34.0. The van der Waals surface area contributed by atoms with E-state index in [1.807, 2.05) is 31.2 Å². The highest BCUT2D eigenvalue weighted by atomic mass is 16.5. The normalized spacial score (nSPS) is 11.3. The van der Waals surface area contributed by atoms with Crippen LogP contribution in [0.25, 0.3) is 11.0 Å². The van der Waals surface area contributed by atoms with Crippen molar-refractivity contribution in [3.8, 4) is 11.5 Å². The predicted molar refractivity (Wildman–Crippen MR) is 138 cm³/mol. The van der Waals surface area contributed by atoms with Gasteiger partial charge in [-0.05, 0) is 43.7 Å². The second-order valence-electron chi connectivity index (χ2n) is 8.28. The first-order valence-corrected chi connectivity index (χ1v) is 11.5. The minimum Gasteiger partial charge on any atom is -0.497 e. The molecule has 0 spiro atoms. The lowest BCUT2D eigenvalue weighted by Crippen LogP contribution is -2.22. The van der Waals surface area contributed by atoms with Crippen molar-refractivity contribution in [2.24, 2.45) is 4.99 Å². The first-order chi connectivity index (χ1) is 17.8. The monoisotopic (exact) mass is 501 g/mol. The number of ether oxygens (including phenoxy) is 3. The average molecular weight is 502 g/mol. The smallest absolute Gasteiger partial charge is 0.302 e. The summed E-state index contributed by atoms with van der Waals surface area (Å²) >= 11 is 0. The Labute approximate surface area is 213 Å². The SMILES string of the molecule is COc1ccc(OC)c(N=c2oc3c(C)ncc(COC(C)=O)c3cc2C(=O)Nc2ccccc2C)c1. The number of hydrogen-bond acceptors (Lipinski definition) is 8. The largest absolute Gasteiger partial charge is 0.497 e. The lowest BCUT2D eigenvalue weighted by atomic mass is 10.1. The Morgan fingerprint density at radius 3 is 2.54 bits per heavy atom. The van der Waals surface area contributed by atoms with Crippen molar-refractivity contribution in [3.63, 3.8) is 0 Å². The van der Waals surface area contributed by atoms with E-state index in [-0.39, 0.29) is 17.7 Å². The number of carbonyl (C=O) groups excluding carboxylic acids is 2. The highest BCUT2D eigenvalue weighted by molar-refractivity contribution is 6.06. The summed E-state index contributed by atoms with van der Waals surface area (Å²) in [5, 5.41) is 3.52. The highest BCUT2D eigenvalue weighted by Gasteiger charge is 2.18. The minimum absolute atomic E-state index is 0.0202. The van der Waals surface area contributed by atoms with E-state index in [1.54, 1.807) is 44.5 Å². The number of anilines is 1. The zero-order chi connectivity index (χ0) is 26.5. The topological polar surface area (TPSA) is 112 Å². The van der Waals surface area contributed by atoms with E-state index in [0.717, 1.165) is 5.56 Å². The molecule has 190 valence electrons. The van der Waals surface area contributed by atoms with E-state index in [9.17, 15) is 9.59 Å². The molecule has 4 aromatic rings. The molecule has 9 heteroatoms. The maximum atomic E-state index is 13.6. The number of aryl methyl sites for hydroxylation is 2. The second kappa shape index (κ2) is 10.9. The van der Waals surface area contributed by atoms with E-state index in [4.69, 9.17) is 18.6 Å². The van der Waals surface area contributed by atoms with Crippen LogP contribution in [-0.2, 0) is 16.1 Å². The van der Waals surface area contributed by atoms with Crippen LogP contribution in [0.5, 0.6) is 11.5 Å². The summed E-state index contributed by atoms with van der Waals surface area (Å²) in [6, 6.07) is 14.3. The molecular formula is C28H27N3O6. The van der Waals surface area contributed by atoms with Gasteiger partial charge in [-0.3, -0.25) is 14.6 Å². The number of hydrogen-bond donors (Lipinski definition) is 1. The quantitative estimate of drug-likeness (QED) is 0.354. The Balaban J connectivity index is 1.97. The molecule has 0 aliphatic rings. The third-order valence-electron chi connectivity index (χ3n) is 5.73.